The first-order valence-corrected chi connectivity index (χ1v) is 6.49. The van der Waals surface area contributed by atoms with E-state index in [4.69, 9.17) is 4.18 Å². The number of rotatable bonds is 0. The summed E-state index contributed by atoms with van der Waals surface area (Å²) < 4.78 is 31.8. The number of aromatic nitrogens is 2. The maximum atomic E-state index is 11.9. The van der Waals surface area contributed by atoms with Gasteiger partial charge in [0.1, 0.15) is 11.8 Å². The van der Waals surface area contributed by atoms with Crippen LogP contribution in [0.25, 0.3) is 11.4 Å². The molecule has 0 unspecified atom stereocenters. The SMILES string of the molecule is Cc1cccc2c1-c1n(cc[n+]1C)S(=O)(=O)O2. The summed E-state index contributed by atoms with van der Waals surface area (Å²) in [6.07, 6.45) is 3.18. The molecule has 17 heavy (non-hydrogen) atoms. The molecular weight excluding hydrogens is 240 g/mol. The van der Waals surface area contributed by atoms with Gasteiger partial charge in [-0.1, -0.05) is 16.1 Å². The molecule has 0 atom stereocenters. The molecule has 0 saturated carbocycles. The van der Waals surface area contributed by atoms with Crippen molar-refractivity contribution >= 4 is 10.3 Å². The van der Waals surface area contributed by atoms with Gasteiger partial charge in [-0.25, -0.2) is 4.57 Å². The van der Waals surface area contributed by atoms with Gasteiger partial charge in [-0.2, -0.15) is 0 Å². The standard InChI is InChI=1S/C11H11N2O3S/c1-8-4-3-5-9-10(8)11-12(2)6-7-13(11)17(14,15)16-9/h3-7H,1-2H3/q+1. The summed E-state index contributed by atoms with van der Waals surface area (Å²) in [5.74, 6) is 0.996. The zero-order valence-electron chi connectivity index (χ0n) is 9.41. The first-order valence-electron chi connectivity index (χ1n) is 5.12. The highest BCUT2D eigenvalue weighted by Gasteiger charge is 2.38. The average molecular weight is 251 g/mol. The van der Waals surface area contributed by atoms with Crippen LogP contribution in [0.5, 0.6) is 5.75 Å². The minimum Gasteiger partial charge on any atom is -0.350 e. The Kier molecular flexibility index (Phi) is 1.89. The normalized spacial score (nSPS) is 15.9. The predicted molar refractivity (Wildman–Crippen MR) is 60.7 cm³/mol. The van der Waals surface area contributed by atoms with E-state index in [-0.39, 0.29) is 0 Å². The van der Waals surface area contributed by atoms with Crippen molar-refractivity contribution in [3.63, 3.8) is 0 Å². The van der Waals surface area contributed by atoms with Crippen molar-refractivity contribution < 1.29 is 17.2 Å². The van der Waals surface area contributed by atoms with Crippen LogP contribution in [0.2, 0.25) is 0 Å². The van der Waals surface area contributed by atoms with Crippen LogP contribution in [0, 0.1) is 6.92 Å². The smallest absolute Gasteiger partial charge is 0.350 e. The Morgan fingerprint density at radius 1 is 1.35 bits per heavy atom. The van der Waals surface area contributed by atoms with Crippen LogP contribution in [0.1, 0.15) is 5.56 Å². The molecule has 0 spiro atoms. The van der Waals surface area contributed by atoms with Gasteiger partial charge in [0.15, 0.2) is 11.9 Å². The van der Waals surface area contributed by atoms with E-state index in [1.54, 1.807) is 22.9 Å². The highest BCUT2D eigenvalue weighted by Crippen LogP contribution is 2.36. The molecule has 1 aromatic heterocycles. The molecule has 88 valence electrons. The third kappa shape index (κ3) is 1.30. The molecule has 0 N–H and O–H groups in total. The van der Waals surface area contributed by atoms with E-state index in [0.717, 1.165) is 15.1 Å². The fraction of sp³-hybridized carbons (Fsp3) is 0.182. The zero-order chi connectivity index (χ0) is 12.2. The Labute approximate surface area is 99.1 Å². The van der Waals surface area contributed by atoms with Crippen molar-refractivity contribution in [3.8, 4) is 17.1 Å². The molecule has 2 heterocycles. The molecule has 1 aliphatic rings. The zero-order valence-corrected chi connectivity index (χ0v) is 10.2. The first kappa shape index (κ1) is 10.3. The number of imidazole rings is 1. The van der Waals surface area contributed by atoms with E-state index in [9.17, 15) is 8.42 Å². The summed E-state index contributed by atoms with van der Waals surface area (Å²) >= 11 is 0. The lowest BCUT2D eigenvalue weighted by molar-refractivity contribution is -0.659. The molecule has 6 heteroatoms. The fourth-order valence-corrected chi connectivity index (χ4v) is 3.16. The van der Waals surface area contributed by atoms with Gasteiger partial charge in [0.05, 0.1) is 7.05 Å². The highest BCUT2D eigenvalue weighted by molar-refractivity contribution is 7.85. The molecule has 0 saturated heterocycles. The van der Waals surface area contributed by atoms with Crippen LogP contribution in [0.15, 0.2) is 30.6 Å². The number of fused-ring (bicyclic) bond motifs is 3. The summed E-state index contributed by atoms with van der Waals surface area (Å²) in [6, 6.07) is 5.37. The summed E-state index contributed by atoms with van der Waals surface area (Å²) in [4.78, 5) is 0. The van der Waals surface area contributed by atoms with Gasteiger partial charge in [0.2, 0.25) is 0 Å². The minimum atomic E-state index is -3.76. The van der Waals surface area contributed by atoms with Crippen molar-refractivity contribution in [2.75, 3.05) is 0 Å². The highest BCUT2D eigenvalue weighted by atomic mass is 32.2. The van der Waals surface area contributed by atoms with Gasteiger partial charge in [-0.3, -0.25) is 0 Å². The first-order chi connectivity index (χ1) is 8.00. The molecule has 0 bridgehead atoms. The van der Waals surface area contributed by atoms with E-state index in [1.165, 1.54) is 6.20 Å². The average Bonchev–Trinajstić information content (AvgIpc) is 2.61. The maximum Gasteiger partial charge on any atom is 0.492 e. The Hall–Kier alpha value is -1.82. The van der Waals surface area contributed by atoms with Gasteiger partial charge < -0.3 is 4.18 Å². The molecule has 2 aromatic rings. The largest absolute Gasteiger partial charge is 0.492 e. The third-order valence-electron chi connectivity index (χ3n) is 2.86. The molecule has 0 amide bonds. The van der Waals surface area contributed by atoms with Gasteiger partial charge in [0, 0.05) is 0 Å². The van der Waals surface area contributed by atoms with Crippen LogP contribution in [0.3, 0.4) is 0 Å². The molecule has 1 aromatic carbocycles. The number of benzene rings is 1. The molecule has 0 aliphatic carbocycles. The number of hydrogen-bond donors (Lipinski definition) is 0. The van der Waals surface area contributed by atoms with Crippen molar-refractivity contribution in [2.45, 2.75) is 6.92 Å². The van der Waals surface area contributed by atoms with Crippen LogP contribution in [-0.4, -0.2) is 12.4 Å². The Balaban J connectivity index is 2.48. The van der Waals surface area contributed by atoms with Crippen LogP contribution in [0.4, 0.5) is 0 Å². The second-order valence-corrected chi connectivity index (χ2v) is 5.43. The Morgan fingerprint density at radius 2 is 2.12 bits per heavy atom. The third-order valence-corrected chi connectivity index (χ3v) is 4.03. The van der Waals surface area contributed by atoms with Crippen molar-refractivity contribution in [3.05, 3.63) is 36.2 Å². The topological polar surface area (TPSA) is 52.2 Å². The van der Waals surface area contributed by atoms with Gasteiger partial charge in [0.25, 0.3) is 0 Å². The van der Waals surface area contributed by atoms with Gasteiger partial charge in [-0.15, -0.1) is 8.42 Å². The Bertz CT molecular complexity index is 716. The number of aryl methyl sites for hydroxylation is 2. The monoisotopic (exact) mass is 251 g/mol. The van der Waals surface area contributed by atoms with Gasteiger partial charge in [-0.05, 0) is 18.6 Å². The quantitative estimate of drug-likeness (QED) is 0.650. The molecular formula is C11H11N2O3S+. The van der Waals surface area contributed by atoms with E-state index < -0.39 is 10.3 Å². The van der Waals surface area contributed by atoms with Crippen molar-refractivity contribution in [2.24, 2.45) is 7.05 Å². The van der Waals surface area contributed by atoms with Crippen LogP contribution >= 0.6 is 0 Å². The molecule has 5 nitrogen and oxygen atoms in total. The number of nitrogens with zero attached hydrogens (tertiary/aromatic N) is 2. The Morgan fingerprint density at radius 3 is 2.88 bits per heavy atom. The van der Waals surface area contributed by atoms with E-state index >= 15 is 0 Å². The van der Waals surface area contributed by atoms with E-state index in [1.807, 2.05) is 20.0 Å². The molecule has 0 fully saturated rings. The van der Waals surface area contributed by atoms with Crippen molar-refractivity contribution in [1.82, 2.24) is 3.97 Å². The summed E-state index contributed by atoms with van der Waals surface area (Å²) in [5.41, 5.74) is 1.79. The number of hydrogen-bond acceptors (Lipinski definition) is 3. The summed E-state index contributed by atoms with van der Waals surface area (Å²) in [6.45, 7) is 1.93. The summed E-state index contributed by atoms with van der Waals surface area (Å²) in [7, 11) is -1.95. The molecule has 0 radical (unpaired) electrons. The van der Waals surface area contributed by atoms with E-state index in [2.05, 4.69) is 0 Å². The van der Waals surface area contributed by atoms with Crippen LogP contribution in [-0.2, 0) is 17.4 Å². The van der Waals surface area contributed by atoms with Crippen molar-refractivity contribution in [1.29, 1.82) is 0 Å². The fourth-order valence-electron chi connectivity index (χ4n) is 2.07. The van der Waals surface area contributed by atoms with Crippen LogP contribution < -0.4 is 8.75 Å². The molecule has 3 rings (SSSR count). The second kappa shape index (κ2) is 3.10. The summed E-state index contributed by atoms with van der Waals surface area (Å²) in [5, 5.41) is 0. The molecule has 1 aliphatic heterocycles. The predicted octanol–water partition coefficient (Wildman–Crippen LogP) is 0.773. The minimum absolute atomic E-state index is 0.381. The maximum absolute atomic E-state index is 11.9. The lowest BCUT2D eigenvalue weighted by Crippen LogP contribution is -2.34. The second-order valence-electron chi connectivity index (χ2n) is 4.02. The van der Waals surface area contributed by atoms with Gasteiger partial charge >= 0.3 is 16.1 Å². The lowest BCUT2D eigenvalue weighted by atomic mass is 10.1. The van der Waals surface area contributed by atoms with E-state index in [0.29, 0.717) is 11.6 Å². The lowest BCUT2D eigenvalue weighted by Gasteiger charge is -2.15.